The minimum atomic E-state index is -1.41. The van der Waals surface area contributed by atoms with Crippen molar-refractivity contribution in [2.24, 2.45) is 16.8 Å². The summed E-state index contributed by atoms with van der Waals surface area (Å²) in [6, 6.07) is 6.62. The number of carbonyl (C=O) groups excluding carboxylic acids is 1. The van der Waals surface area contributed by atoms with Crippen molar-refractivity contribution in [3.05, 3.63) is 34.9 Å². The van der Waals surface area contributed by atoms with E-state index in [1.54, 1.807) is 24.3 Å². The zero-order valence-electron chi connectivity index (χ0n) is 9.48. The van der Waals surface area contributed by atoms with Crippen LogP contribution in [0.1, 0.15) is 18.4 Å². The van der Waals surface area contributed by atoms with Gasteiger partial charge in [0.05, 0.1) is 0 Å². The maximum Gasteiger partial charge on any atom is 0.323 e. The summed E-state index contributed by atoms with van der Waals surface area (Å²) >= 11 is 5.75. The van der Waals surface area contributed by atoms with Crippen LogP contribution in [-0.2, 0) is 15.3 Å². The molecule has 0 radical (unpaired) electrons. The summed E-state index contributed by atoms with van der Waals surface area (Å²) in [6.07, 6.45) is 0.457. The van der Waals surface area contributed by atoms with Gasteiger partial charge in [0.2, 0.25) is 0 Å². The lowest BCUT2D eigenvalue weighted by molar-refractivity contribution is -0.128. The summed E-state index contributed by atoms with van der Waals surface area (Å²) in [5.74, 6) is -0.0602. The molecule has 0 saturated heterocycles. The van der Waals surface area contributed by atoms with Crippen LogP contribution in [0.5, 0.6) is 0 Å². The van der Waals surface area contributed by atoms with Gasteiger partial charge in [0, 0.05) is 10.9 Å². The van der Waals surface area contributed by atoms with E-state index < -0.39 is 5.67 Å². The van der Waals surface area contributed by atoms with E-state index in [4.69, 9.17) is 17.3 Å². The molecule has 0 amide bonds. The van der Waals surface area contributed by atoms with Crippen LogP contribution in [0.25, 0.3) is 0 Å². The number of benzene rings is 1. The van der Waals surface area contributed by atoms with Gasteiger partial charge in [-0.1, -0.05) is 28.9 Å². The molecule has 1 aromatic carbocycles. The number of halogens is 2. The summed E-state index contributed by atoms with van der Waals surface area (Å²) in [5.41, 5.74) is 4.74. The average molecular weight is 271 g/mol. The van der Waals surface area contributed by atoms with Crippen molar-refractivity contribution in [2.45, 2.75) is 18.5 Å². The second-order valence-corrected chi connectivity index (χ2v) is 4.73. The van der Waals surface area contributed by atoms with Crippen molar-refractivity contribution in [3.8, 4) is 0 Å². The van der Waals surface area contributed by atoms with Crippen LogP contribution >= 0.6 is 11.6 Å². The first kappa shape index (κ1) is 12.8. The fourth-order valence-electron chi connectivity index (χ4n) is 2.07. The number of oxime groups is 1. The van der Waals surface area contributed by atoms with Crippen molar-refractivity contribution >= 4 is 23.9 Å². The number of nitrogens with zero attached hydrogens (tertiary/aromatic N) is 1. The molecule has 96 valence electrons. The van der Waals surface area contributed by atoms with E-state index >= 15 is 0 Å². The zero-order valence-corrected chi connectivity index (χ0v) is 10.2. The number of alkyl halides is 1. The summed E-state index contributed by atoms with van der Waals surface area (Å²) in [5, 5.41) is 3.94. The van der Waals surface area contributed by atoms with Crippen LogP contribution in [0.4, 0.5) is 4.39 Å². The number of hydrogen-bond donors (Lipinski definition) is 1. The molecular formula is C12H12ClFN2O2. The standard InChI is InChI=1S/C12H12ClFN2O2/c13-10-3-1-9(2-4-10)12(14)5-8(6-12)11(15)16-18-7-17/h1-4,7-8H,5-6H2,(H2,15,16). The molecule has 0 heterocycles. The van der Waals surface area contributed by atoms with Crippen LogP contribution in [0.2, 0.25) is 5.02 Å². The molecule has 1 aliphatic carbocycles. The molecule has 6 heteroatoms. The maximum atomic E-state index is 14.4. The highest BCUT2D eigenvalue weighted by Gasteiger charge is 2.48. The van der Waals surface area contributed by atoms with Crippen molar-refractivity contribution in [1.29, 1.82) is 0 Å². The zero-order chi connectivity index (χ0) is 13.2. The van der Waals surface area contributed by atoms with E-state index in [1.165, 1.54) is 0 Å². The maximum absolute atomic E-state index is 14.4. The molecule has 0 bridgehead atoms. The second-order valence-electron chi connectivity index (χ2n) is 4.30. The second kappa shape index (κ2) is 4.94. The highest BCUT2D eigenvalue weighted by Crippen LogP contribution is 2.49. The van der Waals surface area contributed by atoms with E-state index in [0.717, 1.165) is 0 Å². The Morgan fingerprint density at radius 2 is 2.11 bits per heavy atom. The monoisotopic (exact) mass is 270 g/mol. The van der Waals surface area contributed by atoms with Crippen LogP contribution < -0.4 is 5.73 Å². The van der Waals surface area contributed by atoms with Gasteiger partial charge in [0.25, 0.3) is 0 Å². The Morgan fingerprint density at radius 1 is 1.50 bits per heavy atom. The number of amidine groups is 1. The van der Waals surface area contributed by atoms with Crippen LogP contribution in [0.3, 0.4) is 0 Å². The highest BCUT2D eigenvalue weighted by atomic mass is 35.5. The third-order valence-electron chi connectivity index (χ3n) is 3.12. The topological polar surface area (TPSA) is 64.7 Å². The molecule has 0 aromatic heterocycles. The van der Waals surface area contributed by atoms with Crippen LogP contribution in [0.15, 0.2) is 29.4 Å². The summed E-state index contributed by atoms with van der Waals surface area (Å²) in [7, 11) is 0. The molecule has 2 N–H and O–H groups in total. The molecule has 0 unspecified atom stereocenters. The van der Waals surface area contributed by atoms with Gasteiger partial charge in [-0.15, -0.1) is 0 Å². The first-order valence-corrected chi connectivity index (χ1v) is 5.81. The van der Waals surface area contributed by atoms with E-state index in [0.29, 0.717) is 10.6 Å². The minimum Gasteiger partial charge on any atom is -0.384 e. The molecule has 0 aliphatic heterocycles. The van der Waals surface area contributed by atoms with Gasteiger partial charge in [-0.3, -0.25) is 4.79 Å². The van der Waals surface area contributed by atoms with Gasteiger partial charge in [-0.2, -0.15) is 0 Å². The smallest absolute Gasteiger partial charge is 0.323 e. The van der Waals surface area contributed by atoms with Gasteiger partial charge >= 0.3 is 6.47 Å². The van der Waals surface area contributed by atoms with Crippen LogP contribution in [-0.4, -0.2) is 12.3 Å². The fourth-order valence-corrected chi connectivity index (χ4v) is 2.20. The quantitative estimate of drug-likeness (QED) is 0.300. The lowest BCUT2D eigenvalue weighted by Gasteiger charge is -2.41. The van der Waals surface area contributed by atoms with Crippen molar-refractivity contribution in [3.63, 3.8) is 0 Å². The van der Waals surface area contributed by atoms with Crippen molar-refractivity contribution in [1.82, 2.24) is 0 Å². The molecule has 18 heavy (non-hydrogen) atoms. The first-order valence-electron chi connectivity index (χ1n) is 5.43. The Hall–Kier alpha value is -1.62. The number of carbonyl (C=O) groups is 1. The summed E-state index contributed by atoms with van der Waals surface area (Å²) < 4.78 is 14.4. The number of nitrogens with two attached hydrogens (primary N) is 1. The highest BCUT2D eigenvalue weighted by molar-refractivity contribution is 6.30. The molecule has 2 rings (SSSR count). The third-order valence-corrected chi connectivity index (χ3v) is 3.37. The number of hydrogen-bond acceptors (Lipinski definition) is 3. The Morgan fingerprint density at radius 3 is 2.67 bits per heavy atom. The molecule has 4 nitrogen and oxygen atoms in total. The normalized spacial score (nSPS) is 27.4. The van der Waals surface area contributed by atoms with Gasteiger partial charge in [0.1, 0.15) is 11.5 Å². The SMILES string of the molecule is N/C(=N\OC=O)C1CC(F)(c2ccc(Cl)cc2)C1. The van der Waals surface area contributed by atoms with Gasteiger partial charge in [-0.25, -0.2) is 4.39 Å². The minimum absolute atomic E-state index is 0.143. The lowest BCUT2D eigenvalue weighted by atomic mass is 9.68. The predicted molar refractivity (Wildman–Crippen MR) is 65.7 cm³/mol. The predicted octanol–water partition coefficient (Wildman–Crippen LogP) is 2.36. The molecular weight excluding hydrogens is 259 g/mol. The third kappa shape index (κ3) is 2.46. The largest absolute Gasteiger partial charge is 0.384 e. The fraction of sp³-hybridized carbons (Fsp3) is 0.333. The van der Waals surface area contributed by atoms with Gasteiger partial charge in [-0.05, 0) is 30.5 Å². The lowest BCUT2D eigenvalue weighted by Crippen LogP contribution is -2.44. The van der Waals surface area contributed by atoms with Crippen LogP contribution in [0, 0.1) is 5.92 Å². The molecule has 1 aromatic rings. The Balaban J connectivity index is 2.02. The average Bonchev–Trinajstić information content (AvgIpc) is 2.33. The van der Waals surface area contributed by atoms with Gasteiger partial charge in [0.15, 0.2) is 0 Å². The summed E-state index contributed by atoms with van der Waals surface area (Å²) in [4.78, 5) is 14.1. The first-order chi connectivity index (χ1) is 8.55. The summed E-state index contributed by atoms with van der Waals surface area (Å²) in [6.45, 7) is 0.174. The Bertz CT molecular complexity index is 469. The Labute approximate surface area is 109 Å². The molecule has 1 aliphatic rings. The number of rotatable bonds is 4. The van der Waals surface area contributed by atoms with E-state index in [2.05, 4.69) is 9.99 Å². The molecule has 1 saturated carbocycles. The van der Waals surface area contributed by atoms with Crippen molar-refractivity contribution in [2.75, 3.05) is 0 Å². The Kier molecular flexibility index (Phi) is 3.52. The molecule has 0 spiro atoms. The van der Waals surface area contributed by atoms with E-state index in [-0.39, 0.29) is 31.1 Å². The van der Waals surface area contributed by atoms with E-state index in [1.807, 2.05) is 0 Å². The molecule has 0 atom stereocenters. The van der Waals surface area contributed by atoms with Gasteiger partial charge < -0.3 is 10.6 Å². The molecule has 1 fully saturated rings. The van der Waals surface area contributed by atoms with Crippen molar-refractivity contribution < 1.29 is 14.0 Å². The van der Waals surface area contributed by atoms with E-state index in [9.17, 15) is 9.18 Å².